The first-order valence-electron chi connectivity index (χ1n) is 8.91. The van der Waals surface area contributed by atoms with Gasteiger partial charge in [0.1, 0.15) is 0 Å². The van der Waals surface area contributed by atoms with Crippen LogP contribution in [-0.4, -0.2) is 25.0 Å². The van der Waals surface area contributed by atoms with Crippen LogP contribution in [0.25, 0.3) is 10.9 Å². The minimum absolute atomic E-state index is 0.143. The highest BCUT2D eigenvalue weighted by Gasteiger charge is 2.18. The van der Waals surface area contributed by atoms with Crippen LogP contribution in [0, 0.1) is 0 Å². The fourth-order valence-corrected chi connectivity index (χ4v) is 3.07. The van der Waals surface area contributed by atoms with Crippen LogP contribution in [0.15, 0.2) is 53.3 Å². The quantitative estimate of drug-likeness (QED) is 0.735. The third-order valence-corrected chi connectivity index (χ3v) is 4.55. The Hall–Kier alpha value is -3.08. The maximum absolute atomic E-state index is 12.5. The zero-order valence-electron chi connectivity index (χ0n) is 16.4. The summed E-state index contributed by atoms with van der Waals surface area (Å²) in [6.07, 6.45) is 0. The van der Waals surface area contributed by atoms with E-state index in [0.29, 0.717) is 16.8 Å². The van der Waals surface area contributed by atoms with E-state index < -0.39 is 0 Å². The van der Waals surface area contributed by atoms with E-state index in [1.54, 1.807) is 24.3 Å². The summed E-state index contributed by atoms with van der Waals surface area (Å²) in [5.41, 5.74) is 3.67. The van der Waals surface area contributed by atoms with Gasteiger partial charge in [-0.25, -0.2) is 0 Å². The normalized spacial score (nSPS) is 11.4. The van der Waals surface area contributed by atoms with Crippen LogP contribution < -0.4 is 15.8 Å². The molecule has 0 saturated heterocycles. The van der Waals surface area contributed by atoms with Crippen molar-refractivity contribution in [3.8, 4) is 0 Å². The van der Waals surface area contributed by atoms with Gasteiger partial charge in [-0.2, -0.15) is 0 Å². The number of nitrogens with zero attached hydrogens (tertiary/aromatic N) is 1. The second kappa shape index (κ2) is 6.91. The summed E-state index contributed by atoms with van der Waals surface area (Å²) in [4.78, 5) is 29.4. The van der Waals surface area contributed by atoms with Gasteiger partial charge in [0.15, 0.2) is 0 Å². The second-order valence-corrected chi connectivity index (χ2v) is 7.95. The molecular weight excluding hydrogens is 338 g/mol. The lowest BCUT2D eigenvalue weighted by molar-refractivity contribution is 0.102. The van der Waals surface area contributed by atoms with Crippen molar-refractivity contribution in [3.63, 3.8) is 0 Å². The summed E-state index contributed by atoms with van der Waals surface area (Å²) in [7, 11) is 3.91. The summed E-state index contributed by atoms with van der Waals surface area (Å²) in [5.74, 6) is -0.186. The Kier molecular flexibility index (Phi) is 4.79. The Morgan fingerprint density at radius 1 is 1.00 bits per heavy atom. The molecule has 0 saturated carbocycles. The largest absolute Gasteiger partial charge is 0.378 e. The fraction of sp³-hybridized carbons (Fsp3) is 0.273. The molecule has 5 nitrogen and oxygen atoms in total. The zero-order valence-corrected chi connectivity index (χ0v) is 16.4. The van der Waals surface area contributed by atoms with Crippen molar-refractivity contribution >= 4 is 28.2 Å². The van der Waals surface area contributed by atoms with Crippen molar-refractivity contribution in [1.82, 2.24) is 4.98 Å². The molecule has 3 rings (SSSR count). The molecule has 0 fully saturated rings. The molecule has 3 aromatic rings. The first-order chi connectivity index (χ1) is 12.6. The van der Waals surface area contributed by atoms with Crippen LogP contribution >= 0.6 is 0 Å². The molecule has 27 heavy (non-hydrogen) atoms. The van der Waals surface area contributed by atoms with Gasteiger partial charge in [-0.05, 0) is 47.4 Å². The maximum Gasteiger partial charge on any atom is 0.255 e. The Bertz CT molecular complexity index is 1040. The molecule has 0 spiro atoms. The molecular formula is C22H25N3O2. The molecule has 1 aromatic heterocycles. The highest BCUT2D eigenvalue weighted by Crippen LogP contribution is 2.29. The van der Waals surface area contributed by atoms with E-state index in [1.165, 1.54) is 0 Å². The number of nitrogens with one attached hydrogen (secondary N) is 2. The van der Waals surface area contributed by atoms with Crippen molar-refractivity contribution < 1.29 is 4.79 Å². The Morgan fingerprint density at radius 2 is 1.67 bits per heavy atom. The lowest BCUT2D eigenvalue weighted by atomic mass is 9.85. The number of H-pyrrole nitrogens is 1. The molecule has 1 heterocycles. The number of benzene rings is 2. The molecule has 0 aliphatic heterocycles. The third kappa shape index (κ3) is 4.03. The van der Waals surface area contributed by atoms with Crippen molar-refractivity contribution in [2.24, 2.45) is 0 Å². The SMILES string of the molecule is CN(C)c1ccc(C(=O)Nc2ccc3c(C(C)(C)C)cc(=O)[nH]c3c2)cc1. The average Bonchev–Trinajstić information content (AvgIpc) is 2.60. The van der Waals surface area contributed by atoms with Crippen molar-refractivity contribution in [2.45, 2.75) is 26.2 Å². The van der Waals surface area contributed by atoms with E-state index in [9.17, 15) is 9.59 Å². The van der Waals surface area contributed by atoms with Crippen LogP contribution in [0.3, 0.4) is 0 Å². The molecule has 1 amide bonds. The van der Waals surface area contributed by atoms with Gasteiger partial charge in [0, 0.05) is 42.5 Å². The van der Waals surface area contributed by atoms with Gasteiger partial charge < -0.3 is 15.2 Å². The van der Waals surface area contributed by atoms with Crippen molar-refractivity contribution in [2.75, 3.05) is 24.3 Å². The number of pyridine rings is 1. The van der Waals surface area contributed by atoms with E-state index in [4.69, 9.17) is 0 Å². The molecule has 0 aliphatic rings. The summed E-state index contributed by atoms with van der Waals surface area (Å²) in [5, 5.41) is 3.88. The summed E-state index contributed by atoms with van der Waals surface area (Å²) < 4.78 is 0. The molecule has 2 aromatic carbocycles. The fourth-order valence-electron chi connectivity index (χ4n) is 3.07. The number of aromatic amines is 1. The van der Waals surface area contributed by atoms with Crippen LogP contribution in [0.5, 0.6) is 0 Å². The monoisotopic (exact) mass is 363 g/mol. The lowest BCUT2D eigenvalue weighted by Gasteiger charge is -2.21. The number of anilines is 2. The van der Waals surface area contributed by atoms with E-state index in [2.05, 4.69) is 31.1 Å². The zero-order chi connectivity index (χ0) is 19.8. The van der Waals surface area contributed by atoms with Crippen LogP contribution in [0.2, 0.25) is 0 Å². The third-order valence-electron chi connectivity index (χ3n) is 4.55. The maximum atomic E-state index is 12.5. The smallest absolute Gasteiger partial charge is 0.255 e. The Labute approximate surface area is 159 Å². The minimum atomic E-state index is -0.186. The average molecular weight is 363 g/mol. The van der Waals surface area contributed by atoms with Crippen LogP contribution in [0.4, 0.5) is 11.4 Å². The van der Waals surface area contributed by atoms with Gasteiger partial charge in [0.25, 0.3) is 5.91 Å². The molecule has 5 heteroatoms. The van der Waals surface area contributed by atoms with Gasteiger partial charge in [-0.3, -0.25) is 9.59 Å². The van der Waals surface area contributed by atoms with Gasteiger partial charge in [0.2, 0.25) is 5.56 Å². The molecule has 0 aliphatic carbocycles. The summed E-state index contributed by atoms with van der Waals surface area (Å²) >= 11 is 0. The number of amides is 1. The number of hydrogen-bond acceptors (Lipinski definition) is 3. The van der Waals surface area contributed by atoms with Crippen LogP contribution in [-0.2, 0) is 5.41 Å². The number of carbonyl (C=O) groups is 1. The Balaban J connectivity index is 1.91. The number of rotatable bonds is 3. The van der Waals surface area contributed by atoms with Gasteiger partial charge in [-0.1, -0.05) is 26.8 Å². The van der Waals surface area contributed by atoms with Gasteiger partial charge >= 0.3 is 0 Å². The summed E-state index contributed by atoms with van der Waals surface area (Å²) in [6.45, 7) is 6.23. The highest BCUT2D eigenvalue weighted by atomic mass is 16.1. The molecule has 0 bridgehead atoms. The highest BCUT2D eigenvalue weighted by molar-refractivity contribution is 6.05. The molecule has 2 N–H and O–H groups in total. The molecule has 140 valence electrons. The second-order valence-electron chi connectivity index (χ2n) is 7.95. The molecule has 0 unspecified atom stereocenters. The van der Waals surface area contributed by atoms with Gasteiger partial charge in [-0.15, -0.1) is 0 Å². The minimum Gasteiger partial charge on any atom is -0.378 e. The first-order valence-corrected chi connectivity index (χ1v) is 8.91. The number of hydrogen-bond donors (Lipinski definition) is 2. The predicted molar refractivity (Wildman–Crippen MR) is 112 cm³/mol. The molecule has 0 atom stereocenters. The number of carbonyl (C=O) groups excluding carboxylic acids is 1. The van der Waals surface area contributed by atoms with E-state index in [-0.39, 0.29) is 16.9 Å². The van der Waals surface area contributed by atoms with E-state index in [1.807, 2.05) is 43.3 Å². The van der Waals surface area contributed by atoms with E-state index >= 15 is 0 Å². The topological polar surface area (TPSA) is 65.2 Å². The van der Waals surface area contributed by atoms with Crippen molar-refractivity contribution in [1.29, 1.82) is 0 Å². The number of fused-ring (bicyclic) bond motifs is 1. The van der Waals surface area contributed by atoms with Crippen molar-refractivity contribution in [3.05, 3.63) is 70.0 Å². The number of aromatic nitrogens is 1. The molecule has 0 radical (unpaired) electrons. The predicted octanol–water partition coefficient (Wildman–Crippen LogP) is 4.14. The van der Waals surface area contributed by atoms with E-state index in [0.717, 1.165) is 16.6 Å². The first kappa shape index (κ1) is 18.7. The Morgan fingerprint density at radius 3 is 2.26 bits per heavy atom. The summed E-state index contributed by atoms with van der Waals surface area (Å²) in [6, 6.07) is 14.7. The van der Waals surface area contributed by atoms with Gasteiger partial charge in [0.05, 0.1) is 5.52 Å². The van der Waals surface area contributed by atoms with Crippen LogP contribution in [0.1, 0.15) is 36.7 Å². The lowest BCUT2D eigenvalue weighted by Crippen LogP contribution is -2.17. The standard InChI is InChI=1S/C22H25N3O2/c1-22(2,3)18-13-20(26)24-19-12-15(8-11-17(18)19)23-21(27)14-6-9-16(10-7-14)25(4)5/h6-13H,1-5H3,(H,23,27)(H,24,26).